The van der Waals surface area contributed by atoms with Crippen LogP contribution < -0.4 is 10.1 Å². The van der Waals surface area contributed by atoms with E-state index in [1.807, 2.05) is 42.5 Å². The van der Waals surface area contributed by atoms with Crippen LogP contribution in [-0.4, -0.2) is 40.5 Å². The number of aromatic nitrogens is 1. The maximum absolute atomic E-state index is 12.7. The molecule has 25 heavy (non-hydrogen) atoms. The number of hydrogen-bond acceptors (Lipinski definition) is 4. The molecule has 4 rings (SSSR count). The molecule has 5 nitrogen and oxygen atoms in total. The Hall–Kier alpha value is -2.56. The van der Waals surface area contributed by atoms with Gasteiger partial charge in [-0.3, -0.25) is 9.78 Å². The van der Waals surface area contributed by atoms with Gasteiger partial charge in [-0.2, -0.15) is 0 Å². The fourth-order valence-electron chi connectivity index (χ4n) is 4.06. The van der Waals surface area contributed by atoms with Crippen LogP contribution in [0.1, 0.15) is 25.7 Å². The molecule has 1 aromatic carbocycles. The van der Waals surface area contributed by atoms with E-state index in [0.29, 0.717) is 18.6 Å². The van der Waals surface area contributed by atoms with Gasteiger partial charge in [-0.1, -0.05) is 18.2 Å². The molecule has 1 amide bonds. The number of carbonyl (C=O) groups excluding carboxylic acids is 1. The number of fused-ring (bicyclic) bond motifs is 2. The van der Waals surface area contributed by atoms with Crippen molar-refractivity contribution >= 4 is 11.6 Å². The van der Waals surface area contributed by atoms with Gasteiger partial charge < -0.3 is 15.0 Å². The lowest BCUT2D eigenvalue weighted by molar-refractivity contribution is -0.135. The normalized spacial score (nSPS) is 24.8. The summed E-state index contributed by atoms with van der Waals surface area (Å²) in [6.45, 7) is 0.322. The number of ether oxygens (including phenoxy) is 1. The third-order valence-electron chi connectivity index (χ3n) is 5.13. The predicted octanol–water partition coefficient (Wildman–Crippen LogP) is 3.09. The minimum Gasteiger partial charge on any atom is -0.490 e. The number of anilines is 1. The molecule has 0 spiro atoms. The molecule has 1 aromatic heterocycles. The van der Waals surface area contributed by atoms with Gasteiger partial charge in [-0.05, 0) is 37.1 Å². The zero-order valence-electron chi connectivity index (χ0n) is 14.2. The number of para-hydroxylation sites is 1. The Morgan fingerprint density at radius 3 is 2.56 bits per heavy atom. The number of carbonyl (C=O) groups is 1. The molecule has 2 unspecified atom stereocenters. The van der Waals surface area contributed by atoms with Crippen molar-refractivity contribution in [2.75, 3.05) is 11.9 Å². The summed E-state index contributed by atoms with van der Waals surface area (Å²) in [5, 5.41) is 3.18. The van der Waals surface area contributed by atoms with Gasteiger partial charge in [0.2, 0.25) is 5.91 Å². The monoisotopic (exact) mass is 337 g/mol. The lowest BCUT2D eigenvalue weighted by Crippen LogP contribution is -2.50. The number of piperidine rings is 1. The Kier molecular flexibility index (Phi) is 4.55. The molecule has 2 atom stereocenters. The van der Waals surface area contributed by atoms with E-state index in [-0.39, 0.29) is 12.0 Å². The van der Waals surface area contributed by atoms with E-state index in [9.17, 15) is 4.79 Å². The fourth-order valence-corrected chi connectivity index (χ4v) is 4.06. The zero-order valence-corrected chi connectivity index (χ0v) is 14.2. The largest absolute Gasteiger partial charge is 0.490 e. The van der Waals surface area contributed by atoms with Gasteiger partial charge in [0.1, 0.15) is 11.9 Å². The SMILES string of the molecule is O=C(CNc1cccnc1)N1C2CCC1CC(Oc1ccccc1)C2. The summed E-state index contributed by atoms with van der Waals surface area (Å²) in [6, 6.07) is 14.4. The first-order valence-electron chi connectivity index (χ1n) is 8.96. The molecule has 0 radical (unpaired) electrons. The van der Waals surface area contributed by atoms with Crippen LogP contribution in [0.15, 0.2) is 54.9 Å². The minimum absolute atomic E-state index is 0.175. The van der Waals surface area contributed by atoms with Crippen LogP contribution in [0, 0.1) is 0 Å². The van der Waals surface area contributed by atoms with E-state index < -0.39 is 0 Å². The van der Waals surface area contributed by atoms with Crippen molar-refractivity contribution in [3.05, 3.63) is 54.9 Å². The number of rotatable bonds is 5. The van der Waals surface area contributed by atoms with Crippen molar-refractivity contribution in [2.45, 2.75) is 43.9 Å². The molecule has 2 aliphatic rings. The van der Waals surface area contributed by atoms with Crippen molar-refractivity contribution in [1.29, 1.82) is 0 Å². The van der Waals surface area contributed by atoms with Gasteiger partial charge in [-0.25, -0.2) is 0 Å². The van der Waals surface area contributed by atoms with Gasteiger partial charge in [0.25, 0.3) is 0 Å². The third kappa shape index (κ3) is 3.60. The second-order valence-corrected chi connectivity index (χ2v) is 6.81. The molecule has 2 aromatic rings. The summed E-state index contributed by atoms with van der Waals surface area (Å²) >= 11 is 0. The quantitative estimate of drug-likeness (QED) is 0.911. The Morgan fingerprint density at radius 2 is 1.88 bits per heavy atom. The van der Waals surface area contributed by atoms with E-state index in [4.69, 9.17) is 4.74 Å². The van der Waals surface area contributed by atoms with Gasteiger partial charge in [-0.15, -0.1) is 0 Å². The topological polar surface area (TPSA) is 54.5 Å². The molecule has 0 aliphatic carbocycles. The number of amides is 1. The standard InChI is InChI=1S/C20H23N3O2/c24-20(14-22-15-5-4-10-21-13-15)23-16-8-9-17(23)12-19(11-16)25-18-6-2-1-3-7-18/h1-7,10,13,16-17,19,22H,8-9,11-12,14H2. The molecule has 1 N–H and O–H groups in total. The highest BCUT2D eigenvalue weighted by atomic mass is 16.5. The van der Waals surface area contributed by atoms with Gasteiger partial charge >= 0.3 is 0 Å². The van der Waals surface area contributed by atoms with Crippen molar-refractivity contribution < 1.29 is 9.53 Å². The number of hydrogen-bond donors (Lipinski definition) is 1. The average molecular weight is 337 g/mol. The Labute approximate surface area is 148 Å². The Morgan fingerprint density at radius 1 is 1.12 bits per heavy atom. The summed E-state index contributed by atoms with van der Waals surface area (Å²) in [7, 11) is 0. The Balaban J connectivity index is 1.34. The van der Waals surface area contributed by atoms with Crippen LogP contribution in [0.4, 0.5) is 5.69 Å². The van der Waals surface area contributed by atoms with E-state index in [2.05, 4.69) is 15.2 Å². The lowest BCUT2D eigenvalue weighted by Gasteiger charge is -2.39. The van der Waals surface area contributed by atoms with Crippen LogP contribution in [0.2, 0.25) is 0 Å². The maximum Gasteiger partial charge on any atom is 0.242 e. The zero-order chi connectivity index (χ0) is 17.1. The molecule has 2 bridgehead atoms. The lowest BCUT2D eigenvalue weighted by atomic mass is 9.99. The van der Waals surface area contributed by atoms with Crippen LogP contribution in [-0.2, 0) is 4.79 Å². The number of pyridine rings is 1. The fraction of sp³-hybridized carbons (Fsp3) is 0.400. The highest BCUT2D eigenvalue weighted by Crippen LogP contribution is 2.37. The smallest absolute Gasteiger partial charge is 0.242 e. The second kappa shape index (κ2) is 7.13. The van der Waals surface area contributed by atoms with E-state index in [1.54, 1.807) is 12.4 Å². The molecule has 130 valence electrons. The first-order valence-corrected chi connectivity index (χ1v) is 8.96. The van der Waals surface area contributed by atoms with Gasteiger partial charge in [0.15, 0.2) is 0 Å². The highest BCUT2D eigenvalue weighted by Gasteiger charge is 2.43. The molecule has 0 saturated carbocycles. The van der Waals surface area contributed by atoms with Crippen LogP contribution in [0.5, 0.6) is 5.75 Å². The minimum atomic E-state index is 0.175. The van der Waals surface area contributed by atoms with Crippen molar-refractivity contribution in [3.63, 3.8) is 0 Å². The number of benzene rings is 1. The number of nitrogens with one attached hydrogen (secondary N) is 1. The molecule has 3 heterocycles. The summed E-state index contributed by atoms with van der Waals surface area (Å²) in [5.41, 5.74) is 0.880. The van der Waals surface area contributed by atoms with Crippen LogP contribution in [0.25, 0.3) is 0 Å². The van der Waals surface area contributed by atoms with Crippen molar-refractivity contribution in [2.24, 2.45) is 0 Å². The average Bonchev–Trinajstić information content (AvgIpc) is 2.92. The summed E-state index contributed by atoms with van der Waals surface area (Å²) in [4.78, 5) is 18.9. The molecular weight excluding hydrogens is 314 g/mol. The first-order chi connectivity index (χ1) is 12.3. The first kappa shape index (κ1) is 15.9. The second-order valence-electron chi connectivity index (χ2n) is 6.81. The van der Waals surface area contributed by atoms with Crippen molar-refractivity contribution in [3.8, 4) is 5.75 Å². The maximum atomic E-state index is 12.7. The van der Waals surface area contributed by atoms with Crippen LogP contribution in [0.3, 0.4) is 0 Å². The molecule has 5 heteroatoms. The molecule has 2 fully saturated rings. The molecule has 2 saturated heterocycles. The van der Waals surface area contributed by atoms with Crippen LogP contribution >= 0.6 is 0 Å². The molecular formula is C20H23N3O2. The third-order valence-corrected chi connectivity index (χ3v) is 5.13. The predicted molar refractivity (Wildman–Crippen MR) is 96.5 cm³/mol. The van der Waals surface area contributed by atoms with E-state index >= 15 is 0 Å². The van der Waals surface area contributed by atoms with E-state index in [0.717, 1.165) is 37.1 Å². The van der Waals surface area contributed by atoms with Gasteiger partial charge in [0, 0.05) is 37.3 Å². The summed E-state index contributed by atoms with van der Waals surface area (Å²) < 4.78 is 6.13. The van der Waals surface area contributed by atoms with Gasteiger partial charge in [0.05, 0.1) is 12.2 Å². The summed E-state index contributed by atoms with van der Waals surface area (Å²) in [6.07, 6.45) is 7.67. The van der Waals surface area contributed by atoms with Crippen molar-refractivity contribution in [1.82, 2.24) is 9.88 Å². The molecule has 2 aliphatic heterocycles. The van der Waals surface area contributed by atoms with E-state index in [1.165, 1.54) is 0 Å². The number of nitrogens with zero attached hydrogens (tertiary/aromatic N) is 2. The Bertz CT molecular complexity index is 693. The summed E-state index contributed by atoms with van der Waals surface area (Å²) in [5.74, 6) is 1.10. The highest BCUT2D eigenvalue weighted by molar-refractivity contribution is 5.81.